The van der Waals surface area contributed by atoms with Crippen LogP contribution in [0.3, 0.4) is 0 Å². The summed E-state index contributed by atoms with van der Waals surface area (Å²) in [6.45, 7) is 7.88. The van der Waals surface area contributed by atoms with E-state index < -0.39 is 4.92 Å². The van der Waals surface area contributed by atoms with Gasteiger partial charge < -0.3 is 15.5 Å². The molecule has 2 N–H and O–H groups in total. The topological polar surface area (TPSA) is 83.3 Å². The van der Waals surface area contributed by atoms with Gasteiger partial charge in [-0.25, -0.2) is 4.98 Å². The van der Waals surface area contributed by atoms with Gasteiger partial charge in [-0.15, -0.1) is 0 Å². The van der Waals surface area contributed by atoms with Gasteiger partial charge in [-0.2, -0.15) is 0 Å². The summed E-state index contributed by atoms with van der Waals surface area (Å²) in [4.78, 5) is 17.0. The summed E-state index contributed by atoms with van der Waals surface area (Å²) in [6, 6.07) is 0. The number of anilines is 1. The normalized spacial score (nSPS) is 15.9. The predicted octanol–water partition coefficient (Wildman–Crippen LogP) is 1.77. The number of halogens is 1. The molecule has 1 aliphatic heterocycles. The number of nitrogens with one attached hydrogen (secondary N) is 2. The highest BCUT2D eigenvalue weighted by atomic mass is 79.9. The standard InChI is InChI=1S/C13H20BrN5O2/c1-10-11(19(20)21)9-17-13(12(10)14)16-3-2-6-18-7-4-15-5-8-18/h9,15H,2-8H2,1H3,(H,16,17). The number of hydrogen-bond donors (Lipinski definition) is 2. The van der Waals surface area contributed by atoms with Crippen molar-refractivity contribution >= 4 is 27.4 Å². The lowest BCUT2D eigenvalue weighted by atomic mass is 10.2. The average molecular weight is 358 g/mol. The molecule has 7 nitrogen and oxygen atoms in total. The van der Waals surface area contributed by atoms with Crippen LogP contribution in [-0.4, -0.2) is 54.1 Å². The van der Waals surface area contributed by atoms with Gasteiger partial charge >= 0.3 is 0 Å². The minimum absolute atomic E-state index is 0.0354. The van der Waals surface area contributed by atoms with Crippen LogP contribution in [0.1, 0.15) is 12.0 Å². The Morgan fingerprint density at radius 3 is 2.90 bits per heavy atom. The molecule has 0 bridgehead atoms. The van der Waals surface area contributed by atoms with Crippen LogP contribution in [0.15, 0.2) is 10.7 Å². The Morgan fingerprint density at radius 2 is 2.24 bits per heavy atom. The van der Waals surface area contributed by atoms with Gasteiger partial charge in [0.05, 0.1) is 9.40 Å². The van der Waals surface area contributed by atoms with Crippen molar-refractivity contribution in [2.45, 2.75) is 13.3 Å². The molecule has 1 aromatic rings. The molecule has 2 rings (SSSR count). The molecule has 2 heterocycles. The van der Waals surface area contributed by atoms with Crippen molar-refractivity contribution in [3.05, 3.63) is 26.3 Å². The van der Waals surface area contributed by atoms with Crippen LogP contribution in [0.5, 0.6) is 0 Å². The second kappa shape index (κ2) is 7.67. The first-order valence-electron chi connectivity index (χ1n) is 7.06. The van der Waals surface area contributed by atoms with Crippen molar-refractivity contribution < 1.29 is 4.92 Å². The van der Waals surface area contributed by atoms with E-state index in [1.807, 2.05) is 0 Å². The second-order valence-corrected chi connectivity index (χ2v) is 5.85. The first-order chi connectivity index (χ1) is 10.1. The SMILES string of the molecule is Cc1c([N+](=O)[O-])cnc(NCCCN2CCNCC2)c1Br. The molecule has 1 saturated heterocycles. The molecule has 1 aromatic heterocycles. The fourth-order valence-corrected chi connectivity index (χ4v) is 2.77. The van der Waals surface area contributed by atoms with Gasteiger partial charge in [0, 0.05) is 38.3 Å². The largest absolute Gasteiger partial charge is 0.369 e. The summed E-state index contributed by atoms with van der Waals surface area (Å²) >= 11 is 3.38. The van der Waals surface area contributed by atoms with Crippen molar-refractivity contribution in [1.29, 1.82) is 0 Å². The molecule has 8 heteroatoms. The lowest BCUT2D eigenvalue weighted by Gasteiger charge is -2.27. The van der Waals surface area contributed by atoms with E-state index in [1.54, 1.807) is 6.92 Å². The molecule has 1 fully saturated rings. The van der Waals surface area contributed by atoms with Gasteiger partial charge in [-0.1, -0.05) is 0 Å². The molecule has 0 radical (unpaired) electrons. The second-order valence-electron chi connectivity index (χ2n) is 5.06. The molecule has 0 unspecified atom stereocenters. The van der Waals surface area contributed by atoms with Crippen LogP contribution in [0.2, 0.25) is 0 Å². The van der Waals surface area contributed by atoms with Crippen molar-refractivity contribution in [2.75, 3.05) is 44.6 Å². The quantitative estimate of drug-likeness (QED) is 0.458. The van der Waals surface area contributed by atoms with Gasteiger partial charge in [-0.05, 0) is 35.8 Å². The Kier molecular flexibility index (Phi) is 5.89. The molecular formula is C13H20BrN5O2. The summed E-state index contributed by atoms with van der Waals surface area (Å²) in [5, 5.41) is 17.4. The smallest absolute Gasteiger partial charge is 0.291 e. The number of rotatable bonds is 6. The van der Waals surface area contributed by atoms with Gasteiger partial charge in [0.1, 0.15) is 12.0 Å². The van der Waals surface area contributed by atoms with Crippen LogP contribution in [0.4, 0.5) is 11.5 Å². The number of pyridine rings is 1. The maximum absolute atomic E-state index is 10.8. The number of nitro groups is 1. The highest BCUT2D eigenvalue weighted by Gasteiger charge is 2.17. The molecule has 0 amide bonds. The lowest BCUT2D eigenvalue weighted by molar-refractivity contribution is -0.385. The Labute approximate surface area is 132 Å². The third-order valence-electron chi connectivity index (χ3n) is 3.59. The van der Waals surface area contributed by atoms with Gasteiger partial charge in [0.15, 0.2) is 0 Å². The Balaban J connectivity index is 1.83. The zero-order valence-electron chi connectivity index (χ0n) is 12.1. The van der Waals surface area contributed by atoms with E-state index >= 15 is 0 Å². The van der Waals surface area contributed by atoms with E-state index in [9.17, 15) is 10.1 Å². The van der Waals surface area contributed by atoms with E-state index in [4.69, 9.17) is 0 Å². The summed E-state index contributed by atoms with van der Waals surface area (Å²) in [6.07, 6.45) is 2.32. The van der Waals surface area contributed by atoms with Gasteiger partial charge in [-0.3, -0.25) is 10.1 Å². The molecule has 0 saturated carbocycles. The zero-order valence-corrected chi connectivity index (χ0v) is 13.6. The fraction of sp³-hybridized carbons (Fsp3) is 0.615. The first kappa shape index (κ1) is 16.1. The summed E-state index contributed by atoms with van der Waals surface area (Å²) in [5.41, 5.74) is 0.632. The molecule has 0 spiro atoms. The van der Waals surface area contributed by atoms with E-state index in [0.29, 0.717) is 15.9 Å². The molecule has 0 atom stereocenters. The predicted molar refractivity (Wildman–Crippen MR) is 85.7 cm³/mol. The van der Waals surface area contributed by atoms with Crippen LogP contribution in [0.25, 0.3) is 0 Å². The summed E-state index contributed by atoms with van der Waals surface area (Å²) in [7, 11) is 0. The molecular weight excluding hydrogens is 338 g/mol. The number of nitrogens with zero attached hydrogens (tertiary/aromatic N) is 3. The van der Waals surface area contributed by atoms with Crippen LogP contribution in [0, 0.1) is 17.0 Å². The van der Waals surface area contributed by atoms with E-state index in [-0.39, 0.29) is 5.69 Å². The maximum atomic E-state index is 10.8. The highest BCUT2D eigenvalue weighted by Crippen LogP contribution is 2.30. The number of hydrogen-bond acceptors (Lipinski definition) is 6. The Bertz CT molecular complexity index is 506. The minimum Gasteiger partial charge on any atom is -0.369 e. The van der Waals surface area contributed by atoms with Gasteiger partial charge in [0.25, 0.3) is 5.69 Å². The monoisotopic (exact) mass is 357 g/mol. The molecule has 0 aliphatic carbocycles. The van der Waals surface area contributed by atoms with Crippen molar-refractivity contribution in [3.63, 3.8) is 0 Å². The van der Waals surface area contributed by atoms with E-state index in [1.165, 1.54) is 6.20 Å². The van der Waals surface area contributed by atoms with Crippen LogP contribution < -0.4 is 10.6 Å². The van der Waals surface area contributed by atoms with Gasteiger partial charge in [0.2, 0.25) is 0 Å². The zero-order chi connectivity index (χ0) is 15.2. The van der Waals surface area contributed by atoms with E-state index in [2.05, 4.69) is 36.4 Å². The molecule has 21 heavy (non-hydrogen) atoms. The van der Waals surface area contributed by atoms with Crippen molar-refractivity contribution in [1.82, 2.24) is 15.2 Å². The first-order valence-corrected chi connectivity index (χ1v) is 7.85. The molecule has 0 aromatic carbocycles. The summed E-state index contributed by atoms with van der Waals surface area (Å²) < 4.78 is 0.666. The van der Waals surface area contributed by atoms with Crippen molar-refractivity contribution in [2.24, 2.45) is 0 Å². The highest BCUT2D eigenvalue weighted by molar-refractivity contribution is 9.10. The Hall–Kier alpha value is -1.25. The third kappa shape index (κ3) is 4.36. The minimum atomic E-state index is -0.415. The maximum Gasteiger partial charge on any atom is 0.291 e. The molecule has 116 valence electrons. The number of aromatic nitrogens is 1. The van der Waals surface area contributed by atoms with Crippen LogP contribution >= 0.6 is 15.9 Å². The lowest BCUT2D eigenvalue weighted by Crippen LogP contribution is -2.44. The Morgan fingerprint density at radius 1 is 1.52 bits per heavy atom. The fourth-order valence-electron chi connectivity index (χ4n) is 2.32. The van der Waals surface area contributed by atoms with Crippen LogP contribution in [-0.2, 0) is 0 Å². The molecule has 1 aliphatic rings. The average Bonchev–Trinajstić information content (AvgIpc) is 2.48. The summed E-state index contributed by atoms with van der Waals surface area (Å²) in [5.74, 6) is 0.665. The third-order valence-corrected chi connectivity index (χ3v) is 4.56. The van der Waals surface area contributed by atoms with Crippen molar-refractivity contribution in [3.8, 4) is 0 Å². The number of piperazine rings is 1. The van der Waals surface area contributed by atoms with E-state index in [0.717, 1.165) is 45.7 Å².